The normalized spacial score (nSPS) is 18.2. The molecule has 1 amide bonds. The van der Waals surface area contributed by atoms with Crippen molar-refractivity contribution in [2.75, 3.05) is 6.61 Å². The van der Waals surface area contributed by atoms with E-state index in [1.54, 1.807) is 24.3 Å². The van der Waals surface area contributed by atoms with Crippen molar-refractivity contribution in [1.82, 2.24) is 4.90 Å². The average Bonchev–Trinajstić information content (AvgIpc) is 3.40. The van der Waals surface area contributed by atoms with Crippen LogP contribution in [0.5, 0.6) is 5.75 Å². The van der Waals surface area contributed by atoms with Gasteiger partial charge in [0.25, 0.3) is 5.91 Å². The molecule has 0 aromatic heterocycles. The van der Waals surface area contributed by atoms with Crippen molar-refractivity contribution in [2.24, 2.45) is 0 Å². The molecule has 0 bridgehead atoms. The topological polar surface area (TPSA) is 66.8 Å². The van der Waals surface area contributed by atoms with Gasteiger partial charge in [0.15, 0.2) is 6.61 Å². The molecule has 0 heterocycles. The van der Waals surface area contributed by atoms with Crippen LogP contribution in [0.4, 0.5) is 0 Å². The number of aryl methyl sites for hydroxylation is 1. The molecule has 5 heteroatoms. The van der Waals surface area contributed by atoms with E-state index in [1.165, 1.54) is 11.1 Å². The quantitative estimate of drug-likeness (QED) is 0.866. The van der Waals surface area contributed by atoms with Gasteiger partial charge in [0.05, 0.1) is 6.04 Å². The number of benzene rings is 2. The number of ether oxygens (including phenoxy) is 1. The highest BCUT2D eigenvalue weighted by Gasteiger charge is 2.40. The number of carbonyl (C=O) groups is 2. The predicted octanol–water partition coefficient (Wildman–Crippen LogP) is 3.44. The maximum atomic E-state index is 13.3. The van der Waals surface area contributed by atoms with Gasteiger partial charge in [0.1, 0.15) is 5.75 Å². The van der Waals surface area contributed by atoms with Gasteiger partial charge in [-0.05, 0) is 55.0 Å². The van der Waals surface area contributed by atoms with Crippen molar-refractivity contribution < 1.29 is 19.4 Å². The van der Waals surface area contributed by atoms with Gasteiger partial charge in [-0.1, -0.05) is 30.3 Å². The molecule has 1 saturated carbocycles. The smallest absolute Gasteiger partial charge is 0.341 e. The molecule has 134 valence electrons. The van der Waals surface area contributed by atoms with Crippen LogP contribution in [0.2, 0.25) is 0 Å². The Morgan fingerprint density at radius 2 is 1.88 bits per heavy atom. The largest absolute Gasteiger partial charge is 0.482 e. The van der Waals surface area contributed by atoms with E-state index < -0.39 is 12.6 Å². The van der Waals surface area contributed by atoms with Crippen molar-refractivity contribution in [2.45, 2.75) is 37.8 Å². The number of aliphatic carboxylic acids is 1. The van der Waals surface area contributed by atoms with E-state index in [1.807, 2.05) is 17.0 Å². The van der Waals surface area contributed by atoms with E-state index in [-0.39, 0.29) is 11.9 Å². The minimum absolute atomic E-state index is 0.00465. The molecule has 4 rings (SSSR count). The van der Waals surface area contributed by atoms with Crippen LogP contribution in [0.1, 0.15) is 46.8 Å². The van der Waals surface area contributed by atoms with Crippen LogP contribution in [-0.4, -0.2) is 34.5 Å². The molecule has 1 atom stereocenters. The van der Waals surface area contributed by atoms with Crippen molar-refractivity contribution >= 4 is 11.9 Å². The molecule has 0 radical (unpaired) electrons. The SMILES string of the molecule is O=C(O)COc1cccc(C(=O)N(C2CC2)C2CCc3ccccc32)c1. The zero-order valence-corrected chi connectivity index (χ0v) is 14.4. The Bertz CT molecular complexity index is 843. The summed E-state index contributed by atoms with van der Waals surface area (Å²) in [4.78, 5) is 26.0. The fraction of sp³-hybridized carbons (Fsp3) is 0.333. The van der Waals surface area contributed by atoms with Gasteiger partial charge in [-0.15, -0.1) is 0 Å². The number of nitrogens with zero attached hydrogens (tertiary/aromatic N) is 1. The molecular formula is C21H21NO4. The lowest BCUT2D eigenvalue weighted by Gasteiger charge is -2.30. The van der Waals surface area contributed by atoms with E-state index in [0.717, 1.165) is 25.7 Å². The zero-order chi connectivity index (χ0) is 18.1. The second-order valence-corrected chi connectivity index (χ2v) is 6.91. The third-order valence-corrected chi connectivity index (χ3v) is 5.06. The third kappa shape index (κ3) is 3.29. The summed E-state index contributed by atoms with van der Waals surface area (Å²) in [5.74, 6) is -0.639. The van der Waals surface area contributed by atoms with Gasteiger partial charge < -0.3 is 14.7 Å². The summed E-state index contributed by atoms with van der Waals surface area (Å²) in [6.45, 7) is -0.417. The molecule has 1 fully saturated rings. The monoisotopic (exact) mass is 351 g/mol. The molecule has 2 aromatic carbocycles. The number of hydrogen-bond donors (Lipinski definition) is 1. The number of rotatable bonds is 6. The van der Waals surface area contributed by atoms with Crippen LogP contribution in [0.15, 0.2) is 48.5 Å². The van der Waals surface area contributed by atoms with E-state index in [9.17, 15) is 9.59 Å². The van der Waals surface area contributed by atoms with Crippen LogP contribution in [0, 0.1) is 0 Å². The molecule has 5 nitrogen and oxygen atoms in total. The minimum Gasteiger partial charge on any atom is -0.482 e. The highest BCUT2D eigenvalue weighted by Crippen LogP contribution is 2.42. The molecule has 1 N–H and O–H groups in total. The zero-order valence-electron chi connectivity index (χ0n) is 14.4. The average molecular weight is 351 g/mol. The highest BCUT2D eigenvalue weighted by atomic mass is 16.5. The lowest BCUT2D eigenvalue weighted by molar-refractivity contribution is -0.139. The maximum absolute atomic E-state index is 13.3. The fourth-order valence-corrected chi connectivity index (χ4v) is 3.75. The molecule has 2 aliphatic rings. The maximum Gasteiger partial charge on any atom is 0.341 e. The van der Waals surface area contributed by atoms with E-state index in [4.69, 9.17) is 9.84 Å². The van der Waals surface area contributed by atoms with E-state index in [2.05, 4.69) is 12.1 Å². The summed E-state index contributed by atoms with van der Waals surface area (Å²) < 4.78 is 5.23. The van der Waals surface area contributed by atoms with Crippen LogP contribution in [0.25, 0.3) is 0 Å². The standard InChI is InChI=1S/C21H21NO4/c23-20(24)13-26-17-6-3-5-15(12-17)21(25)22(16-9-10-16)19-11-8-14-4-1-2-7-18(14)19/h1-7,12,16,19H,8-11,13H2,(H,23,24). The molecule has 2 aliphatic carbocycles. The van der Waals surface area contributed by atoms with Gasteiger partial charge in [-0.25, -0.2) is 4.79 Å². The summed E-state index contributed by atoms with van der Waals surface area (Å²) >= 11 is 0. The van der Waals surface area contributed by atoms with Crippen LogP contribution in [-0.2, 0) is 11.2 Å². The van der Waals surface area contributed by atoms with Crippen LogP contribution < -0.4 is 4.74 Å². The number of hydrogen-bond acceptors (Lipinski definition) is 3. The number of carbonyl (C=O) groups excluding carboxylic acids is 1. The van der Waals surface area contributed by atoms with Crippen molar-refractivity contribution in [3.8, 4) is 5.75 Å². The first-order chi connectivity index (χ1) is 12.6. The number of amides is 1. The molecular weight excluding hydrogens is 330 g/mol. The first-order valence-electron chi connectivity index (χ1n) is 8.98. The lowest BCUT2D eigenvalue weighted by atomic mass is 10.0. The van der Waals surface area contributed by atoms with Crippen molar-refractivity contribution in [1.29, 1.82) is 0 Å². The van der Waals surface area contributed by atoms with Gasteiger partial charge in [0, 0.05) is 11.6 Å². The molecule has 2 aromatic rings. The number of carboxylic acid groups (broad SMARTS) is 1. The summed E-state index contributed by atoms with van der Waals surface area (Å²) in [6, 6.07) is 15.6. The van der Waals surface area contributed by atoms with Crippen molar-refractivity contribution in [3.05, 3.63) is 65.2 Å². The van der Waals surface area contributed by atoms with Crippen LogP contribution in [0.3, 0.4) is 0 Å². The Labute approximate surface area is 152 Å². The summed E-state index contributed by atoms with van der Waals surface area (Å²) in [5, 5.41) is 8.76. The van der Waals surface area contributed by atoms with E-state index in [0.29, 0.717) is 17.4 Å². The Balaban J connectivity index is 1.59. The summed E-state index contributed by atoms with van der Waals surface area (Å²) in [6.07, 6.45) is 4.04. The number of carboxylic acids is 1. The van der Waals surface area contributed by atoms with Crippen LogP contribution >= 0.6 is 0 Å². The number of fused-ring (bicyclic) bond motifs is 1. The second kappa shape index (κ2) is 6.83. The molecule has 0 aliphatic heterocycles. The molecule has 0 spiro atoms. The van der Waals surface area contributed by atoms with Crippen molar-refractivity contribution in [3.63, 3.8) is 0 Å². The minimum atomic E-state index is -1.04. The van der Waals surface area contributed by atoms with Gasteiger partial charge in [-0.2, -0.15) is 0 Å². The van der Waals surface area contributed by atoms with Gasteiger partial charge in [0.2, 0.25) is 0 Å². The Kier molecular flexibility index (Phi) is 4.37. The Hall–Kier alpha value is -2.82. The fourth-order valence-electron chi connectivity index (χ4n) is 3.75. The third-order valence-electron chi connectivity index (χ3n) is 5.06. The molecule has 1 unspecified atom stereocenters. The summed E-state index contributed by atoms with van der Waals surface area (Å²) in [7, 11) is 0. The lowest BCUT2D eigenvalue weighted by Crippen LogP contribution is -2.36. The second-order valence-electron chi connectivity index (χ2n) is 6.91. The Morgan fingerprint density at radius 1 is 1.08 bits per heavy atom. The first-order valence-corrected chi connectivity index (χ1v) is 8.98. The van der Waals surface area contributed by atoms with E-state index >= 15 is 0 Å². The predicted molar refractivity (Wildman–Crippen MR) is 96.3 cm³/mol. The van der Waals surface area contributed by atoms with Gasteiger partial charge >= 0.3 is 5.97 Å². The molecule has 0 saturated heterocycles. The van der Waals surface area contributed by atoms with Gasteiger partial charge in [-0.3, -0.25) is 4.79 Å². The summed E-state index contributed by atoms with van der Waals surface area (Å²) in [5.41, 5.74) is 3.13. The Morgan fingerprint density at radius 3 is 2.65 bits per heavy atom. The molecule has 26 heavy (non-hydrogen) atoms. The highest BCUT2D eigenvalue weighted by molar-refractivity contribution is 5.95. The first kappa shape index (κ1) is 16.6.